The predicted octanol–water partition coefficient (Wildman–Crippen LogP) is 1.46. The van der Waals surface area contributed by atoms with Crippen LogP contribution in [0.1, 0.15) is 18.6 Å². The Morgan fingerprint density at radius 2 is 2.11 bits per heavy atom. The molecule has 1 fully saturated rings. The summed E-state index contributed by atoms with van der Waals surface area (Å²) in [6.07, 6.45) is 8.13. The second kappa shape index (κ2) is 10.5. The summed E-state index contributed by atoms with van der Waals surface area (Å²) in [6, 6.07) is 6.11. The number of guanidine groups is 1. The number of nitrogens with one attached hydrogen (secondary N) is 2. The molecule has 3 rings (SSSR count). The zero-order chi connectivity index (χ0) is 18.7. The summed E-state index contributed by atoms with van der Waals surface area (Å²) in [5.41, 5.74) is 0. The van der Waals surface area contributed by atoms with Crippen LogP contribution in [-0.2, 0) is 11.2 Å². The standard InChI is InChI=1S/C19H28N6O2/c1-26-15-11-21-18(20-10-5-17-4-2-14-27-17)24-16-6-12-25(13-7-16)19-22-8-3-9-23-19/h2-4,8-9,14,16H,5-7,10-13,15H2,1H3,(H2,20,21,24). The van der Waals surface area contributed by atoms with Crippen molar-refractivity contribution < 1.29 is 9.15 Å². The molecule has 0 saturated carbocycles. The van der Waals surface area contributed by atoms with E-state index in [0.29, 0.717) is 19.2 Å². The van der Waals surface area contributed by atoms with Crippen LogP contribution >= 0.6 is 0 Å². The van der Waals surface area contributed by atoms with Gasteiger partial charge in [0, 0.05) is 51.6 Å². The molecule has 2 aromatic rings. The molecular formula is C19H28N6O2. The zero-order valence-corrected chi connectivity index (χ0v) is 15.8. The quantitative estimate of drug-likeness (QED) is 0.412. The lowest BCUT2D eigenvalue weighted by Crippen LogP contribution is -2.49. The van der Waals surface area contributed by atoms with Crippen molar-refractivity contribution >= 4 is 11.9 Å². The highest BCUT2D eigenvalue weighted by Gasteiger charge is 2.21. The van der Waals surface area contributed by atoms with Gasteiger partial charge >= 0.3 is 0 Å². The van der Waals surface area contributed by atoms with Gasteiger partial charge in [0.1, 0.15) is 5.76 Å². The molecule has 1 aliphatic rings. The van der Waals surface area contributed by atoms with Crippen molar-refractivity contribution in [2.45, 2.75) is 25.3 Å². The van der Waals surface area contributed by atoms with Crippen LogP contribution in [0.4, 0.5) is 5.95 Å². The average molecular weight is 372 g/mol. The molecule has 0 amide bonds. The summed E-state index contributed by atoms with van der Waals surface area (Å²) in [4.78, 5) is 15.5. The van der Waals surface area contributed by atoms with Crippen LogP contribution in [-0.4, -0.2) is 61.9 Å². The maximum atomic E-state index is 5.38. The number of nitrogens with zero attached hydrogens (tertiary/aromatic N) is 4. The van der Waals surface area contributed by atoms with Crippen LogP contribution in [0.2, 0.25) is 0 Å². The predicted molar refractivity (Wildman–Crippen MR) is 105 cm³/mol. The first kappa shape index (κ1) is 19.2. The molecule has 3 heterocycles. The Morgan fingerprint density at radius 3 is 2.81 bits per heavy atom. The number of hydrogen-bond donors (Lipinski definition) is 2. The number of ether oxygens (including phenoxy) is 1. The summed E-state index contributed by atoms with van der Waals surface area (Å²) in [7, 11) is 1.69. The van der Waals surface area contributed by atoms with E-state index in [0.717, 1.165) is 56.6 Å². The van der Waals surface area contributed by atoms with Gasteiger partial charge in [-0.3, -0.25) is 4.99 Å². The van der Waals surface area contributed by atoms with E-state index in [9.17, 15) is 0 Å². The molecule has 2 aromatic heterocycles. The fourth-order valence-electron chi connectivity index (χ4n) is 3.03. The van der Waals surface area contributed by atoms with Gasteiger partial charge in [-0.2, -0.15) is 0 Å². The second-order valence-corrected chi connectivity index (χ2v) is 6.43. The highest BCUT2D eigenvalue weighted by atomic mass is 16.5. The molecule has 0 spiro atoms. The SMILES string of the molecule is COCCN=C(NCCc1ccco1)NC1CCN(c2ncccn2)CC1. The molecule has 27 heavy (non-hydrogen) atoms. The number of aliphatic imine (C=N–C) groups is 1. The Hall–Kier alpha value is -2.61. The lowest BCUT2D eigenvalue weighted by atomic mass is 10.1. The zero-order valence-electron chi connectivity index (χ0n) is 15.8. The molecule has 1 saturated heterocycles. The molecule has 0 aromatic carbocycles. The van der Waals surface area contributed by atoms with Crippen LogP contribution in [0, 0.1) is 0 Å². The third-order valence-corrected chi connectivity index (χ3v) is 4.48. The molecule has 0 atom stereocenters. The molecular weight excluding hydrogens is 344 g/mol. The van der Waals surface area contributed by atoms with Gasteiger partial charge in [0.2, 0.25) is 5.95 Å². The van der Waals surface area contributed by atoms with Crippen LogP contribution in [0.15, 0.2) is 46.3 Å². The van der Waals surface area contributed by atoms with Crippen LogP contribution in [0.25, 0.3) is 0 Å². The van der Waals surface area contributed by atoms with E-state index < -0.39 is 0 Å². The van der Waals surface area contributed by atoms with E-state index in [1.54, 1.807) is 25.8 Å². The highest BCUT2D eigenvalue weighted by molar-refractivity contribution is 5.80. The Labute approximate surface area is 160 Å². The number of rotatable bonds is 8. The van der Waals surface area contributed by atoms with E-state index >= 15 is 0 Å². The van der Waals surface area contributed by atoms with Gasteiger partial charge < -0.3 is 24.7 Å². The van der Waals surface area contributed by atoms with Crippen LogP contribution in [0.5, 0.6) is 0 Å². The van der Waals surface area contributed by atoms with Gasteiger partial charge in [0.25, 0.3) is 0 Å². The number of hydrogen-bond acceptors (Lipinski definition) is 6. The minimum absolute atomic E-state index is 0.377. The monoisotopic (exact) mass is 372 g/mol. The Bertz CT molecular complexity index is 669. The Kier molecular flexibility index (Phi) is 7.46. The normalized spacial score (nSPS) is 15.7. The van der Waals surface area contributed by atoms with Gasteiger partial charge in [-0.05, 0) is 31.0 Å². The van der Waals surface area contributed by atoms with Crippen molar-refractivity contribution in [3.8, 4) is 0 Å². The molecule has 0 radical (unpaired) electrons. The summed E-state index contributed by atoms with van der Waals surface area (Å²) < 4.78 is 10.5. The first-order valence-corrected chi connectivity index (χ1v) is 9.43. The van der Waals surface area contributed by atoms with Crippen molar-refractivity contribution in [3.63, 3.8) is 0 Å². The van der Waals surface area contributed by atoms with Gasteiger partial charge in [-0.1, -0.05) is 0 Å². The van der Waals surface area contributed by atoms with Gasteiger partial charge in [-0.15, -0.1) is 0 Å². The van der Waals surface area contributed by atoms with Crippen molar-refractivity contribution in [2.24, 2.45) is 4.99 Å². The summed E-state index contributed by atoms with van der Waals surface area (Å²) in [5, 5.41) is 6.94. The number of piperidine rings is 1. The maximum Gasteiger partial charge on any atom is 0.225 e. The van der Waals surface area contributed by atoms with Crippen LogP contribution < -0.4 is 15.5 Å². The van der Waals surface area contributed by atoms with E-state index in [-0.39, 0.29) is 0 Å². The molecule has 1 aliphatic heterocycles. The Morgan fingerprint density at radius 1 is 1.30 bits per heavy atom. The summed E-state index contributed by atoms with van der Waals surface area (Å²) in [5.74, 6) is 2.60. The molecule has 2 N–H and O–H groups in total. The van der Waals surface area contributed by atoms with Crippen molar-refractivity contribution in [3.05, 3.63) is 42.6 Å². The molecule has 0 bridgehead atoms. The maximum absolute atomic E-state index is 5.38. The van der Waals surface area contributed by atoms with Gasteiger partial charge in [-0.25, -0.2) is 9.97 Å². The van der Waals surface area contributed by atoms with Gasteiger partial charge in [0.15, 0.2) is 5.96 Å². The summed E-state index contributed by atoms with van der Waals surface area (Å²) >= 11 is 0. The minimum atomic E-state index is 0.377. The number of furan rings is 1. The fourth-order valence-corrected chi connectivity index (χ4v) is 3.03. The average Bonchev–Trinajstić information content (AvgIpc) is 3.23. The third kappa shape index (κ3) is 6.25. The first-order valence-electron chi connectivity index (χ1n) is 9.43. The largest absolute Gasteiger partial charge is 0.469 e. The highest BCUT2D eigenvalue weighted by Crippen LogP contribution is 2.15. The number of aromatic nitrogens is 2. The van der Waals surface area contributed by atoms with Crippen molar-refractivity contribution in [1.29, 1.82) is 0 Å². The third-order valence-electron chi connectivity index (χ3n) is 4.48. The van der Waals surface area contributed by atoms with Crippen LogP contribution in [0.3, 0.4) is 0 Å². The molecule has 8 nitrogen and oxygen atoms in total. The molecule has 0 unspecified atom stereocenters. The number of anilines is 1. The minimum Gasteiger partial charge on any atom is -0.469 e. The van der Waals surface area contributed by atoms with E-state index in [1.807, 2.05) is 18.2 Å². The fraction of sp³-hybridized carbons (Fsp3) is 0.526. The molecule has 8 heteroatoms. The number of methoxy groups -OCH3 is 1. The second-order valence-electron chi connectivity index (χ2n) is 6.43. The lowest BCUT2D eigenvalue weighted by molar-refractivity contribution is 0.207. The summed E-state index contributed by atoms with van der Waals surface area (Å²) in [6.45, 7) is 3.86. The van der Waals surface area contributed by atoms with E-state index in [4.69, 9.17) is 9.15 Å². The van der Waals surface area contributed by atoms with Crippen molar-refractivity contribution in [1.82, 2.24) is 20.6 Å². The Balaban J connectivity index is 1.47. The first-order chi connectivity index (χ1) is 13.3. The van der Waals surface area contributed by atoms with Crippen molar-refractivity contribution in [2.75, 3.05) is 44.8 Å². The lowest BCUT2D eigenvalue weighted by Gasteiger charge is -2.33. The van der Waals surface area contributed by atoms with E-state index in [1.165, 1.54) is 0 Å². The van der Waals surface area contributed by atoms with Gasteiger partial charge in [0.05, 0.1) is 19.4 Å². The smallest absolute Gasteiger partial charge is 0.225 e. The molecule has 146 valence electrons. The molecule has 0 aliphatic carbocycles. The van der Waals surface area contributed by atoms with E-state index in [2.05, 4.69) is 30.5 Å². The topological polar surface area (TPSA) is 87.8 Å².